The number of halogens is 1. The molecule has 1 N–H and O–H groups in total. The highest BCUT2D eigenvalue weighted by Crippen LogP contribution is 2.22. The predicted molar refractivity (Wildman–Crippen MR) is 66.4 cm³/mol. The third-order valence-corrected chi connectivity index (χ3v) is 3.23. The molecular formula is C14H17FN2O. The summed E-state index contributed by atoms with van der Waals surface area (Å²) in [5, 5.41) is 12.1. The minimum absolute atomic E-state index is 0.197. The number of piperidine rings is 1. The van der Waals surface area contributed by atoms with Gasteiger partial charge in [-0.3, -0.25) is 0 Å². The van der Waals surface area contributed by atoms with Crippen molar-refractivity contribution in [2.24, 2.45) is 0 Å². The van der Waals surface area contributed by atoms with Crippen LogP contribution in [0.2, 0.25) is 0 Å². The molecule has 1 aliphatic rings. The molecule has 3 nitrogen and oxygen atoms in total. The van der Waals surface area contributed by atoms with Crippen molar-refractivity contribution in [2.45, 2.75) is 32.0 Å². The largest absolute Gasteiger partial charge is 0.369 e. The molecule has 1 fully saturated rings. The Morgan fingerprint density at radius 2 is 2.33 bits per heavy atom. The molecule has 0 saturated carbocycles. The molecule has 0 radical (unpaired) electrons. The summed E-state index contributed by atoms with van der Waals surface area (Å²) in [6.07, 6.45) is 2.09. The maximum absolute atomic E-state index is 13.3. The van der Waals surface area contributed by atoms with Crippen LogP contribution in [0, 0.1) is 17.1 Å². The molecule has 0 spiro atoms. The Balaban J connectivity index is 2.01. The van der Waals surface area contributed by atoms with Crippen LogP contribution < -0.4 is 5.32 Å². The van der Waals surface area contributed by atoms with Gasteiger partial charge in [-0.15, -0.1) is 0 Å². The fourth-order valence-electron chi connectivity index (χ4n) is 2.21. The molecular weight excluding hydrogens is 231 g/mol. The number of rotatable bonds is 3. The molecule has 1 unspecified atom stereocenters. The van der Waals surface area contributed by atoms with Crippen LogP contribution >= 0.6 is 0 Å². The Kier molecular flexibility index (Phi) is 3.95. The minimum atomic E-state index is -0.389. The van der Waals surface area contributed by atoms with Gasteiger partial charge in [-0.1, -0.05) is 0 Å². The first kappa shape index (κ1) is 13.0. The molecule has 1 atom stereocenters. The molecule has 4 heteroatoms. The van der Waals surface area contributed by atoms with Crippen LogP contribution in [0.3, 0.4) is 0 Å². The Morgan fingerprint density at radius 3 is 3.00 bits per heavy atom. The van der Waals surface area contributed by atoms with Gasteiger partial charge in [0.1, 0.15) is 5.82 Å². The standard InChI is InChI=1S/C14H17FN2O/c1-14(3-2-4-17-10-14)18-9-12-5-11(8-16)6-13(15)7-12/h5-7,17H,2-4,9-10H2,1H3. The molecule has 0 bridgehead atoms. The van der Waals surface area contributed by atoms with Crippen LogP contribution in [-0.2, 0) is 11.3 Å². The first-order chi connectivity index (χ1) is 8.61. The number of benzene rings is 1. The number of hydrogen-bond acceptors (Lipinski definition) is 3. The van der Waals surface area contributed by atoms with E-state index in [1.54, 1.807) is 6.07 Å². The second kappa shape index (κ2) is 5.47. The summed E-state index contributed by atoms with van der Waals surface area (Å²) >= 11 is 0. The summed E-state index contributed by atoms with van der Waals surface area (Å²) in [5.74, 6) is -0.389. The van der Waals surface area contributed by atoms with Crippen molar-refractivity contribution < 1.29 is 9.13 Å². The van der Waals surface area contributed by atoms with Crippen molar-refractivity contribution in [3.8, 4) is 6.07 Å². The van der Waals surface area contributed by atoms with Gasteiger partial charge < -0.3 is 10.1 Å². The summed E-state index contributed by atoms with van der Waals surface area (Å²) in [7, 11) is 0. The van der Waals surface area contributed by atoms with E-state index in [-0.39, 0.29) is 11.4 Å². The zero-order valence-corrected chi connectivity index (χ0v) is 10.5. The summed E-state index contributed by atoms with van der Waals surface area (Å²) in [6.45, 7) is 4.24. The van der Waals surface area contributed by atoms with Gasteiger partial charge in [0.2, 0.25) is 0 Å². The quantitative estimate of drug-likeness (QED) is 0.893. The maximum Gasteiger partial charge on any atom is 0.124 e. The lowest BCUT2D eigenvalue weighted by atomic mass is 9.96. The first-order valence-corrected chi connectivity index (χ1v) is 6.16. The highest BCUT2D eigenvalue weighted by atomic mass is 19.1. The average Bonchev–Trinajstić information content (AvgIpc) is 2.37. The van der Waals surface area contributed by atoms with E-state index in [1.165, 1.54) is 12.1 Å². The van der Waals surface area contributed by atoms with Gasteiger partial charge in [0.15, 0.2) is 0 Å². The summed E-state index contributed by atoms with van der Waals surface area (Å²) in [4.78, 5) is 0. The van der Waals surface area contributed by atoms with Gasteiger partial charge in [0, 0.05) is 6.54 Å². The van der Waals surface area contributed by atoms with E-state index in [0.29, 0.717) is 17.7 Å². The minimum Gasteiger partial charge on any atom is -0.369 e. The van der Waals surface area contributed by atoms with Crippen LogP contribution in [0.4, 0.5) is 4.39 Å². The summed E-state index contributed by atoms with van der Waals surface area (Å²) < 4.78 is 19.1. The van der Waals surface area contributed by atoms with Crippen molar-refractivity contribution in [3.05, 3.63) is 35.1 Å². The van der Waals surface area contributed by atoms with Crippen LogP contribution in [0.5, 0.6) is 0 Å². The topological polar surface area (TPSA) is 45.0 Å². The highest BCUT2D eigenvalue weighted by Gasteiger charge is 2.27. The van der Waals surface area contributed by atoms with Gasteiger partial charge in [-0.25, -0.2) is 4.39 Å². The van der Waals surface area contributed by atoms with E-state index in [4.69, 9.17) is 10.00 Å². The number of hydrogen-bond donors (Lipinski definition) is 1. The molecule has 0 aliphatic carbocycles. The van der Waals surface area contributed by atoms with Crippen molar-refractivity contribution in [2.75, 3.05) is 13.1 Å². The lowest BCUT2D eigenvalue weighted by Crippen LogP contribution is -2.45. The lowest BCUT2D eigenvalue weighted by Gasteiger charge is -2.34. The normalized spacial score (nSPS) is 23.6. The van der Waals surface area contributed by atoms with Gasteiger partial charge in [-0.05, 0) is 50.1 Å². The van der Waals surface area contributed by atoms with E-state index in [0.717, 1.165) is 25.9 Å². The number of nitrogens with one attached hydrogen (secondary N) is 1. The molecule has 1 aromatic rings. The van der Waals surface area contributed by atoms with Crippen molar-refractivity contribution in [3.63, 3.8) is 0 Å². The van der Waals surface area contributed by atoms with Crippen LogP contribution in [0.1, 0.15) is 30.9 Å². The second-order valence-electron chi connectivity index (χ2n) is 4.98. The first-order valence-electron chi connectivity index (χ1n) is 6.16. The lowest BCUT2D eigenvalue weighted by molar-refractivity contribution is -0.0572. The van der Waals surface area contributed by atoms with Crippen LogP contribution in [-0.4, -0.2) is 18.7 Å². The molecule has 18 heavy (non-hydrogen) atoms. The molecule has 1 aromatic carbocycles. The van der Waals surface area contributed by atoms with Gasteiger partial charge >= 0.3 is 0 Å². The van der Waals surface area contributed by atoms with E-state index < -0.39 is 0 Å². The molecule has 1 saturated heterocycles. The Labute approximate surface area is 107 Å². The molecule has 1 aliphatic heterocycles. The Hall–Kier alpha value is -1.44. The number of nitrogens with zero attached hydrogens (tertiary/aromatic N) is 1. The molecule has 0 amide bonds. The molecule has 0 aromatic heterocycles. The average molecular weight is 248 g/mol. The van der Waals surface area contributed by atoms with E-state index in [1.807, 2.05) is 6.07 Å². The molecule has 96 valence electrons. The Bertz CT molecular complexity index is 461. The van der Waals surface area contributed by atoms with Crippen LogP contribution in [0.25, 0.3) is 0 Å². The van der Waals surface area contributed by atoms with E-state index in [9.17, 15) is 4.39 Å². The van der Waals surface area contributed by atoms with Gasteiger partial charge in [0.05, 0.1) is 23.8 Å². The van der Waals surface area contributed by atoms with Gasteiger partial charge in [0.25, 0.3) is 0 Å². The van der Waals surface area contributed by atoms with E-state index >= 15 is 0 Å². The number of nitriles is 1. The number of ether oxygens (including phenoxy) is 1. The maximum atomic E-state index is 13.3. The van der Waals surface area contributed by atoms with Crippen molar-refractivity contribution >= 4 is 0 Å². The highest BCUT2D eigenvalue weighted by molar-refractivity contribution is 5.33. The van der Waals surface area contributed by atoms with Crippen LogP contribution in [0.15, 0.2) is 18.2 Å². The smallest absolute Gasteiger partial charge is 0.124 e. The third kappa shape index (κ3) is 3.28. The molecule has 2 rings (SSSR count). The zero-order valence-electron chi connectivity index (χ0n) is 10.5. The second-order valence-corrected chi connectivity index (χ2v) is 4.98. The predicted octanol–water partition coefficient (Wildman–Crippen LogP) is 2.36. The Morgan fingerprint density at radius 1 is 1.50 bits per heavy atom. The monoisotopic (exact) mass is 248 g/mol. The van der Waals surface area contributed by atoms with Crippen molar-refractivity contribution in [1.29, 1.82) is 5.26 Å². The van der Waals surface area contributed by atoms with Crippen molar-refractivity contribution in [1.82, 2.24) is 5.32 Å². The zero-order chi connectivity index (χ0) is 13.0. The summed E-state index contributed by atoms with van der Waals surface area (Å²) in [5.41, 5.74) is 0.844. The SMILES string of the molecule is CC1(OCc2cc(F)cc(C#N)c2)CCCNC1. The van der Waals surface area contributed by atoms with Gasteiger partial charge in [-0.2, -0.15) is 5.26 Å². The molecule has 1 heterocycles. The fraction of sp³-hybridized carbons (Fsp3) is 0.500. The summed E-state index contributed by atoms with van der Waals surface area (Å²) in [6, 6.07) is 6.26. The van der Waals surface area contributed by atoms with E-state index in [2.05, 4.69) is 12.2 Å². The third-order valence-electron chi connectivity index (χ3n) is 3.23. The fourth-order valence-corrected chi connectivity index (χ4v) is 2.21.